The van der Waals surface area contributed by atoms with Crippen molar-refractivity contribution in [3.63, 3.8) is 0 Å². The average Bonchev–Trinajstić information content (AvgIpc) is 3.69. The number of hydrogen-bond acceptors (Lipinski definition) is 6. The van der Waals surface area contributed by atoms with E-state index in [0.29, 0.717) is 38.4 Å². The minimum atomic E-state index is -0.646. The number of carbonyl (C=O) groups excluding carboxylic acids is 4. The van der Waals surface area contributed by atoms with E-state index in [9.17, 15) is 19.2 Å². The third-order valence-corrected chi connectivity index (χ3v) is 8.58. The fourth-order valence-corrected chi connectivity index (χ4v) is 6.48. The maximum Gasteiger partial charge on any atom is 0.339 e. The van der Waals surface area contributed by atoms with E-state index in [2.05, 4.69) is 12.2 Å². The lowest BCUT2D eigenvalue weighted by Gasteiger charge is -2.17. The number of hydrogen-bond donors (Lipinski definition) is 0. The Kier molecular flexibility index (Phi) is 6.05. The average molecular weight is 563 g/mol. The summed E-state index contributed by atoms with van der Waals surface area (Å²) in [6.07, 6.45) is 5.03. The number of amides is 2. The van der Waals surface area contributed by atoms with Crippen molar-refractivity contribution in [2.24, 2.45) is 23.7 Å². The quantitative estimate of drug-likeness (QED) is 0.126. The van der Waals surface area contributed by atoms with Gasteiger partial charge in [-0.05, 0) is 66.8 Å². The molecule has 2 fully saturated rings. The zero-order valence-electron chi connectivity index (χ0n) is 21.7. The molecule has 1 saturated carbocycles. The maximum atomic E-state index is 13.2. The van der Waals surface area contributed by atoms with E-state index in [1.165, 1.54) is 4.90 Å². The van der Waals surface area contributed by atoms with Crippen LogP contribution in [0.5, 0.6) is 0 Å². The third-order valence-electron chi connectivity index (χ3n) is 8.33. The Hall–Kier alpha value is -4.62. The lowest BCUT2D eigenvalue weighted by Crippen LogP contribution is -2.32. The number of rotatable bonds is 6. The van der Waals surface area contributed by atoms with Crippen molar-refractivity contribution < 1.29 is 23.9 Å². The highest BCUT2D eigenvalue weighted by Crippen LogP contribution is 2.53. The second kappa shape index (κ2) is 9.78. The van der Waals surface area contributed by atoms with Gasteiger partial charge in [-0.3, -0.25) is 19.3 Å². The number of ketones is 1. The molecule has 7 rings (SSSR count). The molecule has 41 heavy (non-hydrogen) atoms. The third kappa shape index (κ3) is 4.24. The molecule has 3 aliphatic rings. The van der Waals surface area contributed by atoms with Crippen molar-refractivity contribution in [1.82, 2.24) is 4.98 Å². The maximum absolute atomic E-state index is 13.2. The molecule has 4 aromatic rings. The number of ether oxygens (including phenoxy) is 1. The number of pyridine rings is 1. The van der Waals surface area contributed by atoms with Gasteiger partial charge in [-0.1, -0.05) is 54.1 Å². The number of benzene rings is 3. The van der Waals surface area contributed by atoms with Crippen molar-refractivity contribution in [2.75, 3.05) is 11.5 Å². The van der Waals surface area contributed by atoms with E-state index >= 15 is 0 Å². The van der Waals surface area contributed by atoms with Gasteiger partial charge < -0.3 is 4.74 Å². The van der Waals surface area contributed by atoms with Crippen molar-refractivity contribution in [3.8, 4) is 11.3 Å². The summed E-state index contributed by atoms with van der Waals surface area (Å²) in [5.74, 6) is -1.49. The molecule has 7 nitrogen and oxygen atoms in total. The molecule has 1 saturated heterocycles. The number of imide groups is 1. The zero-order valence-corrected chi connectivity index (χ0v) is 22.5. The Balaban J connectivity index is 1.15. The predicted molar refractivity (Wildman–Crippen MR) is 153 cm³/mol. The summed E-state index contributed by atoms with van der Waals surface area (Å²) in [6, 6.07) is 22.2. The molecule has 202 valence electrons. The zero-order chi connectivity index (χ0) is 28.2. The van der Waals surface area contributed by atoms with E-state index in [0.717, 1.165) is 6.42 Å². The summed E-state index contributed by atoms with van der Waals surface area (Å²) >= 11 is 5.89. The molecule has 0 spiro atoms. The monoisotopic (exact) mass is 562 g/mol. The van der Waals surface area contributed by atoms with E-state index < -0.39 is 12.6 Å². The van der Waals surface area contributed by atoms with Gasteiger partial charge in [0.15, 0.2) is 12.4 Å². The van der Waals surface area contributed by atoms with Crippen LogP contribution >= 0.6 is 11.6 Å². The molecule has 0 N–H and O–H groups in total. The van der Waals surface area contributed by atoms with Gasteiger partial charge in [-0.2, -0.15) is 0 Å². The molecule has 2 heterocycles. The number of halogens is 1. The highest BCUT2D eigenvalue weighted by Gasteiger charge is 2.59. The summed E-state index contributed by atoms with van der Waals surface area (Å²) in [5, 5.41) is 1.10. The Morgan fingerprint density at radius 3 is 2.22 bits per heavy atom. The van der Waals surface area contributed by atoms with Crippen LogP contribution in [0.4, 0.5) is 5.69 Å². The van der Waals surface area contributed by atoms with Crippen LogP contribution in [0.15, 0.2) is 91.0 Å². The molecule has 2 aliphatic carbocycles. The molecule has 2 amide bonds. The van der Waals surface area contributed by atoms with Gasteiger partial charge in [0.05, 0.1) is 34.3 Å². The standard InChI is InChI=1S/C33H23ClN2O5/c34-22-11-7-19(8-12-22)28(37)17-41-33(40)25-16-27(35-26-4-2-1-3-24(25)26)18-9-13-23(14-10-18)36-31(38)29-20-5-6-21(15-20)30(29)32(36)39/h1-14,16,20-21,29-30H,15,17H2. The van der Waals surface area contributed by atoms with Gasteiger partial charge >= 0.3 is 5.97 Å². The normalized spacial score (nSPS) is 22.4. The number of nitrogens with zero attached hydrogens (tertiary/aromatic N) is 2. The Bertz CT molecular complexity index is 1750. The van der Waals surface area contributed by atoms with Crippen LogP contribution in [0.1, 0.15) is 27.1 Å². The van der Waals surface area contributed by atoms with Crippen molar-refractivity contribution in [1.29, 1.82) is 0 Å². The lowest BCUT2D eigenvalue weighted by molar-refractivity contribution is -0.123. The summed E-state index contributed by atoms with van der Waals surface area (Å²) in [5.41, 5.74) is 3.00. The Morgan fingerprint density at radius 1 is 0.878 bits per heavy atom. The molecule has 1 aromatic heterocycles. The van der Waals surface area contributed by atoms with Crippen LogP contribution in [0.3, 0.4) is 0 Å². The van der Waals surface area contributed by atoms with Crippen molar-refractivity contribution in [3.05, 3.63) is 107 Å². The fourth-order valence-electron chi connectivity index (χ4n) is 6.36. The molecule has 2 bridgehead atoms. The molecular weight excluding hydrogens is 540 g/mol. The van der Waals surface area contributed by atoms with Gasteiger partial charge in [-0.25, -0.2) is 9.78 Å². The van der Waals surface area contributed by atoms with Gasteiger partial charge in [0, 0.05) is 21.5 Å². The molecule has 1 aliphatic heterocycles. The van der Waals surface area contributed by atoms with Crippen LogP contribution in [0.25, 0.3) is 22.2 Å². The first-order valence-corrected chi connectivity index (χ1v) is 13.8. The van der Waals surface area contributed by atoms with Gasteiger partial charge in [0.1, 0.15) is 0 Å². The number of carbonyl (C=O) groups is 4. The second-order valence-corrected chi connectivity index (χ2v) is 11.1. The van der Waals surface area contributed by atoms with Crippen molar-refractivity contribution >= 4 is 51.8 Å². The smallest absolute Gasteiger partial charge is 0.339 e. The number of Topliss-reactive ketones (excluding diaryl/α,β-unsaturated/α-hetero) is 1. The van der Waals surface area contributed by atoms with Crippen LogP contribution < -0.4 is 4.90 Å². The Labute approximate surface area is 240 Å². The molecule has 4 unspecified atom stereocenters. The molecule has 4 atom stereocenters. The number of anilines is 1. The molecule has 3 aromatic carbocycles. The van der Waals surface area contributed by atoms with Crippen molar-refractivity contribution in [2.45, 2.75) is 6.42 Å². The van der Waals surface area contributed by atoms with E-state index in [-0.39, 0.29) is 46.8 Å². The first-order valence-electron chi connectivity index (χ1n) is 13.4. The summed E-state index contributed by atoms with van der Waals surface area (Å²) < 4.78 is 5.41. The van der Waals surface area contributed by atoms with Crippen LogP contribution in [-0.2, 0) is 14.3 Å². The SMILES string of the molecule is O=C(COC(=O)c1cc(-c2ccc(N3C(=O)C4C5C=CC(C5)C4C3=O)cc2)nc2ccccc12)c1ccc(Cl)cc1. The van der Waals surface area contributed by atoms with Gasteiger partial charge in [-0.15, -0.1) is 0 Å². The Morgan fingerprint density at radius 2 is 1.54 bits per heavy atom. The number of fused-ring (bicyclic) bond motifs is 6. The van der Waals surface area contributed by atoms with E-state index in [4.69, 9.17) is 21.3 Å². The van der Waals surface area contributed by atoms with Crippen LogP contribution in [0.2, 0.25) is 5.02 Å². The minimum absolute atomic E-state index is 0.133. The van der Waals surface area contributed by atoms with Gasteiger partial charge in [0.2, 0.25) is 11.8 Å². The summed E-state index contributed by atoms with van der Waals surface area (Å²) in [7, 11) is 0. The lowest BCUT2D eigenvalue weighted by atomic mass is 9.85. The highest BCUT2D eigenvalue weighted by molar-refractivity contribution is 6.30. The first kappa shape index (κ1) is 25.4. The predicted octanol–water partition coefficient (Wildman–Crippen LogP) is 5.91. The topological polar surface area (TPSA) is 93.6 Å². The van der Waals surface area contributed by atoms with E-state index in [1.54, 1.807) is 72.8 Å². The number of esters is 1. The first-order chi connectivity index (χ1) is 19.9. The minimum Gasteiger partial charge on any atom is -0.454 e. The van der Waals surface area contributed by atoms with E-state index in [1.807, 2.05) is 6.07 Å². The van der Waals surface area contributed by atoms with Crippen LogP contribution in [0, 0.1) is 23.7 Å². The molecule has 8 heteroatoms. The summed E-state index contributed by atoms with van der Waals surface area (Å²) in [4.78, 5) is 58.2. The van der Waals surface area contributed by atoms with Crippen LogP contribution in [-0.4, -0.2) is 35.2 Å². The van der Waals surface area contributed by atoms with Gasteiger partial charge in [0.25, 0.3) is 0 Å². The largest absolute Gasteiger partial charge is 0.454 e. The molecule has 0 radical (unpaired) electrons. The summed E-state index contributed by atoms with van der Waals surface area (Å²) in [6.45, 7) is -0.418. The number of para-hydroxylation sites is 1. The fraction of sp³-hybridized carbons (Fsp3) is 0.182. The second-order valence-electron chi connectivity index (χ2n) is 10.6. The number of allylic oxidation sites excluding steroid dienone is 2. The number of aromatic nitrogens is 1. The highest BCUT2D eigenvalue weighted by atomic mass is 35.5. The molecular formula is C33H23ClN2O5.